The molecule has 0 saturated heterocycles. The minimum atomic E-state index is 0.0352. The van der Waals surface area contributed by atoms with Crippen molar-refractivity contribution in [2.24, 2.45) is 11.0 Å². The molecular weight excluding hydrogens is 248 g/mol. The molecule has 0 radical (unpaired) electrons. The molecule has 2 rings (SSSR count). The van der Waals surface area contributed by atoms with E-state index in [1.165, 1.54) is 6.42 Å². The molecule has 1 amide bonds. The van der Waals surface area contributed by atoms with E-state index in [9.17, 15) is 4.79 Å². The Morgan fingerprint density at radius 2 is 2.11 bits per heavy atom. The van der Waals surface area contributed by atoms with Crippen molar-refractivity contribution in [3.05, 3.63) is 34.9 Å². The Morgan fingerprint density at radius 3 is 2.83 bits per heavy atom. The van der Waals surface area contributed by atoms with Crippen LogP contribution in [-0.2, 0) is 4.79 Å². The summed E-state index contributed by atoms with van der Waals surface area (Å²) in [4.78, 5) is 11.8. The fourth-order valence-corrected chi connectivity index (χ4v) is 2.41. The summed E-state index contributed by atoms with van der Waals surface area (Å²) in [5.41, 5.74) is 3.49. The van der Waals surface area contributed by atoms with E-state index in [4.69, 9.17) is 11.6 Å². The lowest BCUT2D eigenvalue weighted by atomic mass is 9.89. The van der Waals surface area contributed by atoms with Crippen LogP contribution in [0.3, 0.4) is 0 Å². The summed E-state index contributed by atoms with van der Waals surface area (Å²) in [6.07, 6.45) is 7.13. The van der Waals surface area contributed by atoms with Crippen LogP contribution in [0, 0.1) is 5.92 Å². The molecule has 1 aliphatic carbocycles. The lowest BCUT2D eigenvalue weighted by Gasteiger charge is -2.19. The standard InChI is InChI=1S/C14H17ClN2O/c15-13-8-4-5-11(9-13)10-16-17-14(18)12-6-2-1-3-7-12/h4-5,8-10,12H,1-3,6-7H2,(H,17,18)/b16-10-. The van der Waals surface area contributed by atoms with Gasteiger partial charge in [0.25, 0.3) is 0 Å². The molecule has 1 fully saturated rings. The first-order valence-electron chi connectivity index (χ1n) is 6.34. The van der Waals surface area contributed by atoms with Crippen LogP contribution in [0.2, 0.25) is 5.02 Å². The zero-order valence-electron chi connectivity index (χ0n) is 10.2. The maximum absolute atomic E-state index is 11.8. The summed E-state index contributed by atoms with van der Waals surface area (Å²) >= 11 is 5.86. The SMILES string of the molecule is O=C(N/N=C\c1cccc(Cl)c1)C1CCCCC1. The Labute approximate surface area is 112 Å². The van der Waals surface area contributed by atoms with Crippen LogP contribution in [0.1, 0.15) is 37.7 Å². The Bertz CT molecular complexity index is 439. The monoisotopic (exact) mass is 264 g/mol. The van der Waals surface area contributed by atoms with Crippen molar-refractivity contribution in [1.82, 2.24) is 5.43 Å². The zero-order valence-corrected chi connectivity index (χ0v) is 11.0. The highest BCUT2D eigenvalue weighted by Crippen LogP contribution is 2.23. The molecule has 1 N–H and O–H groups in total. The number of hydrogen-bond donors (Lipinski definition) is 1. The normalized spacial score (nSPS) is 16.9. The number of nitrogens with zero attached hydrogens (tertiary/aromatic N) is 1. The molecule has 4 heteroatoms. The number of nitrogens with one attached hydrogen (secondary N) is 1. The molecule has 1 aliphatic rings. The number of carbonyl (C=O) groups is 1. The highest BCUT2D eigenvalue weighted by molar-refractivity contribution is 6.30. The average molecular weight is 265 g/mol. The molecule has 0 spiro atoms. The van der Waals surface area contributed by atoms with Crippen molar-refractivity contribution in [1.29, 1.82) is 0 Å². The first kappa shape index (κ1) is 13.1. The van der Waals surface area contributed by atoms with E-state index in [-0.39, 0.29) is 11.8 Å². The van der Waals surface area contributed by atoms with Gasteiger partial charge in [-0.1, -0.05) is 43.0 Å². The lowest BCUT2D eigenvalue weighted by molar-refractivity contribution is -0.125. The third-order valence-electron chi connectivity index (χ3n) is 3.21. The van der Waals surface area contributed by atoms with Gasteiger partial charge in [0.2, 0.25) is 5.91 Å². The molecule has 0 atom stereocenters. The van der Waals surface area contributed by atoms with E-state index in [0.29, 0.717) is 5.02 Å². The Kier molecular flexibility index (Phi) is 4.76. The van der Waals surface area contributed by atoms with E-state index in [2.05, 4.69) is 10.5 Å². The molecule has 3 nitrogen and oxygen atoms in total. The number of rotatable bonds is 3. The second kappa shape index (κ2) is 6.55. The van der Waals surface area contributed by atoms with Crippen LogP contribution in [0.4, 0.5) is 0 Å². The van der Waals surface area contributed by atoms with Crippen molar-refractivity contribution in [3.8, 4) is 0 Å². The number of hydrazone groups is 1. The molecular formula is C14H17ClN2O. The second-order valence-corrected chi connectivity index (χ2v) is 5.06. The number of amides is 1. The van der Waals surface area contributed by atoms with Crippen molar-refractivity contribution >= 4 is 23.7 Å². The molecule has 0 unspecified atom stereocenters. The van der Waals surface area contributed by atoms with Gasteiger partial charge in [-0.2, -0.15) is 5.10 Å². The van der Waals surface area contributed by atoms with Gasteiger partial charge in [-0.25, -0.2) is 5.43 Å². The predicted octanol–water partition coefficient (Wildman–Crippen LogP) is 3.37. The minimum absolute atomic E-state index is 0.0352. The van der Waals surface area contributed by atoms with Crippen LogP contribution < -0.4 is 5.43 Å². The van der Waals surface area contributed by atoms with Crippen molar-refractivity contribution in [2.45, 2.75) is 32.1 Å². The molecule has 96 valence electrons. The molecule has 0 aromatic heterocycles. The van der Waals surface area contributed by atoms with Crippen LogP contribution >= 0.6 is 11.6 Å². The molecule has 0 heterocycles. The summed E-state index contributed by atoms with van der Waals surface area (Å²) in [7, 11) is 0. The summed E-state index contributed by atoms with van der Waals surface area (Å²) in [5.74, 6) is 0.170. The Morgan fingerprint density at radius 1 is 1.33 bits per heavy atom. The summed E-state index contributed by atoms with van der Waals surface area (Å²) in [6, 6.07) is 7.35. The number of carbonyl (C=O) groups excluding carboxylic acids is 1. The maximum Gasteiger partial charge on any atom is 0.243 e. The summed E-state index contributed by atoms with van der Waals surface area (Å²) in [6.45, 7) is 0. The molecule has 18 heavy (non-hydrogen) atoms. The number of hydrogen-bond acceptors (Lipinski definition) is 2. The first-order chi connectivity index (χ1) is 8.75. The second-order valence-electron chi connectivity index (χ2n) is 4.62. The third kappa shape index (κ3) is 3.84. The number of halogens is 1. The quantitative estimate of drug-likeness (QED) is 0.660. The molecule has 1 aromatic carbocycles. The molecule has 1 aromatic rings. The van der Waals surface area contributed by atoms with Crippen LogP contribution in [0.5, 0.6) is 0 Å². The Hall–Kier alpha value is -1.35. The summed E-state index contributed by atoms with van der Waals surface area (Å²) in [5, 5.41) is 4.64. The lowest BCUT2D eigenvalue weighted by Crippen LogP contribution is -2.28. The largest absolute Gasteiger partial charge is 0.273 e. The van der Waals surface area contributed by atoms with Gasteiger partial charge in [0, 0.05) is 10.9 Å². The van der Waals surface area contributed by atoms with Crippen LogP contribution in [0.15, 0.2) is 29.4 Å². The van der Waals surface area contributed by atoms with E-state index in [1.54, 1.807) is 18.3 Å². The molecule has 0 aliphatic heterocycles. The van der Waals surface area contributed by atoms with Gasteiger partial charge >= 0.3 is 0 Å². The fraction of sp³-hybridized carbons (Fsp3) is 0.429. The zero-order chi connectivity index (χ0) is 12.8. The predicted molar refractivity (Wildman–Crippen MR) is 73.8 cm³/mol. The molecule has 0 bridgehead atoms. The van der Waals surface area contributed by atoms with E-state index in [0.717, 1.165) is 31.2 Å². The van der Waals surface area contributed by atoms with Gasteiger partial charge in [-0.05, 0) is 30.5 Å². The summed E-state index contributed by atoms with van der Waals surface area (Å²) < 4.78 is 0. The van der Waals surface area contributed by atoms with E-state index in [1.807, 2.05) is 12.1 Å². The van der Waals surface area contributed by atoms with Crippen LogP contribution in [0.25, 0.3) is 0 Å². The number of benzene rings is 1. The highest BCUT2D eigenvalue weighted by atomic mass is 35.5. The smallest absolute Gasteiger partial charge is 0.243 e. The molecule has 1 saturated carbocycles. The third-order valence-corrected chi connectivity index (χ3v) is 3.45. The van der Waals surface area contributed by atoms with Gasteiger partial charge < -0.3 is 0 Å². The van der Waals surface area contributed by atoms with E-state index >= 15 is 0 Å². The van der Waals surface area contributed by atoms with Crippen molar-refractivity contribution in [3.63, 3.8) is 0 Å². The first-order valence-corrected chi connectivity index (χ1v) is 6.72. The van der Waals surface area contributed by atoms with Gasteiger partial charge in [0.1, 0.15) is 0 Å². The van der Waals surface area contributed by atoms with Crippen LogP contribution in [-0.4, -0.2) is 12.1 Å². The van der Waals surface area contributed by atoms with E-state index < -0.39 is 0 Å². The fourth-order valence-electron chi connectivity index (χ4n) is 2.21. The Balaban J connectivity index is 1.85. The minimum Gasteiger partial charge on any atom is -0.273 e. The van der Waals surface area contributed by atoms with Crippen molar-refractivity contribution < 1.29 is 4.79 Å². The average Bonchev–Trinajstić information content (AvgIpc) is 2.40. The van der Waals surface area contributed by atoms with Gasteiger partial charge in [0.05, 0.1) is 6.21 Å². The van der Waals surface area contributed by atoms with Gasteiger partial charge in [-0.3, -0.25) is 4.79 Å². The van der Waals surface area contributed by atoms with Crippen molar-refractivity contribution in [2.75, 3.05) is 0 Å². The van der Waals surface area contributed by atoms with Gasteiger partial charge in [0.15, 0.2) is 0 Å². The van der Waals surface area contributed by atoms with Gasteiger partial charge in [-0.15, -0.1) is 0 Å². The maximum atomic E-state index is 11.8. The highest BCUT2D eigenvalue weighted by Gasteiger charge is 2.20. The topological polar surface area (TPSA) is 41.5 Å².